The number of hydrogen-bond acceptors (Lipinski definition) is 4. The second-order valence-corrected chi connectivity index (χ2v) is 6.71. The Kier molecular flexibility index (Phi) is 7.41. The molecule has 5 nitrogen and oxygen atoms in total. The van der Waals surface area contributed by atoms with Crippen molar-refractivity contribution in [1.29, 1.82) is 0 Å². The average Bonchev–Trinajstić information content (AvgIpc) is 2.57. The van der Waals surface area contributed by atoms with Crippen LogP contribution in [0.25, 0.3) is 0 Å². The summed E-state index contributed by atoms with van der Waals surface area (Å²) >= 11 is 0. The van der Waals surface area contributed by atoms with E-state index >= 15 is 0 Å². The normalized spacial score (nSPS) is 25.7. The highest BCUT2D eigenvalue weighted by Gasteiger charge is 2.30. The van der Waals surface area contributed by atoms with E-state index in [1.54, 1.807) is 0 Å². The number of piperidine rings is 2. The lowest BCUT2D eigenvalue weighted by Gasteiger charge is -2.37. The quantitative estimate of drug-likeness (QED) is 0.837. The number of rotatable bonds is 3. The number of hydrogen-bond donors (Lipinski definition) is 1. The summed E-state index contributed by atoms with van der Waals surface area (Å²) in [5.41, 5.74) is 0. The van der Waals surface area contributed by atoms with Crippen LogP contribution in [0.5, 0.6) is 0 Å². The minimum Gasteiger partial charge on any atom is -0.378 e. The molecule has 6 heteroatoms. The molecule has 3 heterocycles. The van der Waals surface area contributed by atoms with E-state index in [4.69, 9.17) is 4.74 Å². The standard InChI is InChI=1S/C16H29N3O2.ClH/c20-16(19-9-11-21-12-10-19)15-3-7-18(8-4-15)13-14-1-5-17-6-2-14;/h14-15,17H,1-13H2;1H. The third kappa shape index (κ3) is 4.82. The zero-order valence-corrected chi connectivity index (χ0v) is 14.3. The maximum Gasteiger partial charge on any atom is 0.225 e. The Labute approximate surface area is 140 Å². The minimum atomic E-state index is 0. The van der Waals surface area contributed by atoms with Crippen LogP contribution >= 0.6 is 12.4 Å². The minimum absolute atomic E-state index is 0. The van der Waals surface area contributed by atoms with Gasteiger partial charge in [-0.2, -0.15) is 0 Å². The summed E-state index contributed by atoms with van der Waals surface area (Å²) in [6.07, 6.45) is 4.71. The van der Waals surface area contributed by atoms with Gasteiger partial charge in [-0.05, 0) is 57.8 Å². The fraction of sp³-hybridized carbons (Fsp3) is 0.938. The number of morpholine rings is 1. The first kappa shape index (κ1) is 18.0. The molecular weight excluding hydrogens is 302 g/mol. The second-order valence-electron chi connectivity index (χ2n) is 6.71. The zero-order valence-electron chi connectivity index (χ0n) is 13.5. The van der Waals surface area contributed by atoms with Crippen molar-refractivity contribution >= 4 is 18.3 Å². The molecule has 0 atom stereocenters. The van der Waals surface area contributed by atoms with Crippen molar-refractivity contribution < 1.29 is 9.53 Å². The zero-order chi connectivity index (χ0) is 14.5. The molecule has 1 N–H and O–H groups in total. The van der Waals surface area contributed by atoms with Crippen LogP contribution in [-0.2, 0) is 9.53 Å². The summed E-state index contributed by atoms with van der Waals surface area (Å²) in [5.74, 6) is 1.49. The molecule has 0 bridgehead atoms. The third-order valence-corrected chi connectivity index (χ3v) is 5.23. The van der Waals surface area contributed by atoms with Crippen molar-refractivity contribution in [1.82, 2.24) is 15.1 Å². The van der Waals surface area contributed by atoms with Crippen molar-refractivity contribution in [2.75, 3.05) is 59.0 Å². The molecule has 0 aromatic rings. The van der Waals surface area contributed by atoms with E-state index < -0.39 is 0 Å². The van der Waals surface area contributed by atoms with Crippen LogP contribution in [0.1, 0.15) is 25.7 Å². The van der Waals surface area contributed by atoms with Gasteiger partial charge in [-0.1, -0.05) is 0 Å². The maximum atomic E-state index is 12.5. The van der Waals surface area contributed by atoms with Crippen LogP contribution in [0.15, 0.2) is 0 Å². The number of nitrogens with zero attached hydrogens (tertiary/aromatic N) is 2. The first-order valence-electron chi connectivity index (χ1n) is 8.62. The molecular formula is C16H30ClN3O2. The molecule has 3 aliphatic heterocycles. The molecule has 3 fully saturated rings. The number of carbonyl (C=O) groups is 1. The SMILES string of the molecule is Cl.O=C(C1CCN(CC2CCNCC2)CC1)N1CCOCC1. The lowest BCUT2D eigenvalue weighted by molar-refractivity contribution is -0.141. The van der Waals surface area contributed by atoms with Crippen molar-refractivity contribution in [2.45, 2.75) is 25.7 Å². The first-order chi connectivity index (χ1) is 10.3. The molecule has 0 saturated carbocycles. The highest BCUT2D eigenvalue weighted by molar-refractivity contribution is 5.85. The molecule has 0 aliphatic carbocycles. The summed E-state index contributed by atoms with van der Waals surface area (Å²) in [6, 6.07) is 0. The smallest absolute Gasteiger partial charge is 0.225 e. The summed E-state index contributed by atoms with van der Waals surface area (Å²) in [5, 5.41) is 3.43. The lowest BCUT2D eigenvalue weighted by Crippen LogP contribution is -2.47. The van der Waals surface area contributed by atoms with Crippen LogP contribution in [0.4, 0.5) is 0 Å². The van der Waals surface area contributed by atoms with E-state index in [0.717, 1.165) is 44.9 Å². The highest BCUT2D eigenvalue weighted by atomic mass is 35.5. The summed E-state index contributed by atoms with van der Waals surface area (Å²) in [7, 11) is 0. The third-order valence-electron chi connectivity index (χ3n) is 5.23. The van der Waals surface area contributed by atoms with Gasteiger partial charge in [0, 0.05) is 25.6 Å². The van der Waals surface area contributed by atoms with Crippen LogP contribution < -0.4 is 5.32 Å². The molecule has 3 rings (SSSR count). The molecule has 0 aromatic heterocycles. The molecule has 3 aliphatic rings. The molecule has 0 spiro atoms. The predicted octanol–water partition coefficient (Wildman–Crippen LogP) is 0.979. The van der Waals surface area contributed by atoms with E-state index in [1.807, 2.05) is 4.90 Å². The summed E-state index contributed by atoms with van der Waals surface area (Å²) in [6.45, 7) is 8.78. The van der Waals surface area contributed by atoms with Crippen LogP contribution in [0, 0.1) is 11.8 Å². The molecule has 0 unspecified atom stereocenters. The van der Waals surface area contributed by atoms with Crippen molar-refractivity contribution in [3.8, 4) is 0 Å². The van der Waals surface area contributed by atoms with E-state index in [-0.39, 0.29) is 18.3 Å². The van der Waals surface area contributed by atoms with Gasteiger partial charge < -0.3 is 19.9 Å². The van der Waals surface area contributed by atoms with Crippen molar-refractivity contribution in [3.05, 3.63) is 0 Å². The topological polar surface area (TPSA) is 44.8 Å². The van der Waals surface area contributed by atoms with Crippen molar-refractivity contribution in [2.24, 2.45) is 11.8 Å². The molecule has 0 radical (unpaired) electrons. The van der Waals surface area contributed by atoms with Crippen LogP contribution in [0.3, 0.4) is 0 Å². The predicted molar refractivity (Wildman–Crippen MR) is 89.4 cm³/mol. The van der Waals surface area contributed by atoms with Gasteiger partial charge in [0.1, 0.15) is 0 Å². The van der Waals surface area contributed by atoms with E-state index in [2.05, 4.69) is 10.2 Å². The Morgan fingerprint density at radius 2 is 1.64 bits per heavy atom. The maximum absolute atomic E-state index is 12.5. The van der Waals surface area contributed by atoms with E-state index in [9.17, 15) is 4.79 Å². The largest absolute Gasteiger partial charge is 0.378 e. The number of halogens is 1. The number of nitrogens with one attached hydrogen (secondary N) is 1. The number of ether oxygens (including phenoxy) is 1. The average molecular weight is 332 g/mol. The fourth-order valence-electron chi connectivity index (χ4n) is 3.83. The molecule has 3 saturated heterocycles. The van der Waals surface area contributed by atoms with Gasteiger partial charge in [-0.25, -0.2) is 0 Å². The van der Waals surface area contributed by atoms with Crippen LogP contribution in [0.2, 0.25) is 0 Å². The number of amides is 1. The van der Waals surface area contributed by atoms with Gasteiger partial charge in [0.15, 0.2) is 0 Å². The fourth-order valence-corrected chi connectivity index (χ4v) is 3.83. The van der Waals surface area contributed by atoms with Gasteiger partial charge in [-0.15, -0.1) is 12.4 Å². The lowest BCUT2D eigenvalue weighted by atomic mass is 9.92. The van der Waals surface area contributed by atoms with Gasteiger partial charge >= 0.3 is 0 Å². The Morgan fingerprint density at radius 1 is 1.00 bits per heavy atom. The Bertz CT molecular complexity index is 336. The summed E-state index contributed by atoms with van der Waals surface area (Å²) < 4.78 is 5.33. The Morgan fingerprint density at radius 3 is 2.27 bits per heavy atom. The van der Waals surface area contributed by atoms with E-state index in [1.165, 1.54) is 32.5 Å². The Hall–Kier alpha value is -0.360. The van der Waals surface area contributed by atoms with E-state index in [0.29, 0.717) is 19.1 Å². The van der Waals surface area contributed by atoms with Gasteiger partial charge in [0.05, 0.1) is 13.2 Å². The molecule has 22 heavy (non-hydrogen) atoms. The van der Waals surface area contributed by atoms with Gasteiger partial charge in [0.2, 0.25) is 5.91 Å². The van der Waals surface area contributed by atoms with Crippen LogP contribution in [-0.4, -0.2) is 74.7 Å². The number of likely N-dealkylation sites (tertiary alicyclic amines) is 1. The Balaban J connectivity index is 0.00000176. The van der Waals surface area contributed by atoms with Crippen molar-refractivity contribution in [3.63, 3.8) is 0 Å². The first-order valence-corrected chi connectivity index (χ1v) is 8.62. The molecule has 0 aromatic carbocycles. The van der Waals surface area contributed by atoms with Gasteiger partial charge in [0.25, 0.3) is 0 Å². The number of carbonyl (C=O) groups excluding carboxylic acids is 1. The summed E-state index contributed by atoms with van der Waals surface area (Å²) in [4.78, 5) is 17.1. The molecule has 1 amide bonds. The monoisotopic (exact) mass is 331 g/mol. The second kappa shape index (κ2) is 9.06. The molecule has 128 valence electrons. The highest BCUT2D eigenvalue weighted by Crippen LogP contribution is 2.22. The van der Waals surface area contributed by atoms with Gasteiger partial charge in [-0.3, -0.25) is 4.79 Å².